The molecule has 3 unspecified atom stereocenters. The second-order valence-electron chi connectivity index (χ2n) is 5.31. The van der Waals surface area contributed by atoms with Gasteiger partial charge in [-0.3, -0.25) is 0 Å². The van der Waals surface area contributed by atoms with Crippen molar-refractivity contribution in [2.24, 2.45) is 5.92 Å². The number of nitrogens with one attached hydrogen (secondary N) is 1. The van der Waals surface area contributed by atoms with Gasteiger partial charge in [0.2, 0.25) is 0 Å². The average molecular weight is 251 g/mol. The third-order valence-corrected chi connectivity index (χ3v) is 3.92. The number of rotatable bonds is 4. The largest absolute Gasteiger partial charge is 0.378 e. The van der Waals surface area contributed by atoms with Crippen molar-refractivity contribution >= 4 is 0 Å². The fourth-order valence-corrected chi connectivity index (χ4v) is 2.73. The molecule has 1 fully saturated rings. The minimum Gasteiger partial charge on any atom is -0.378 e. The van der Waals surface area contributed by atoms with E-state index in [2.05, 4.69) is 12.2 Å². The topological polar surface area (TPSA) is 21.3 Å². The highest BCUT2D eigenvalue weighted by molar-refractivity contribution is 5.27. The van der Waals surface area contributed by atoms with Gasteiger partial charge in [-0.25, -0.2) is 4.39 Å². The molecule has 0 aliphatic carbocycles. The summed E-state index contributed by atoms with van der Waals surface area (Å²) >= 11 is 0. The lowest BCUT2D eigenvalue weighted by Gasteiger charge is -2.23. The number of aryl methyl sites for hydroxylation is 1. The van der Waals surface area contributed by atoms with Crippen LogP contribution in [0.5, 0.6) is 0 Å². The van der Waals surface area contributed by atoms with Gasteiger partial charge in [-0.2, -0.15) is 0 Å². The molecule has 0 bridgehead atoms. The summed E-state index contributed by atoms with van der Waals surface area (Å²) in [6, 6.07) is 5.38. The maximum atomic E-state index is 13.3. The molecule has 0 aromatic heterocycles. The van der Waals surface area contributed by atoms with Gasteiger partial charge in [0.25, 0.3) is 0 Å². The summed E-state index contributed by atoms with van der Waals surface area (Å²) in [4.78, 5) is 0. The van der Waals surface area contributed by atoms with E-state index in [0.29, 0.717) is 18.1 Å². The van der Waals surface area contributed by atoms with Crippen molar-refractivity contribution in [3.63, 3.8) is 0 Å². The maximum absolute atomic E-state index is 13.3. The van der Waals surface area contributed by atoms with Crippen molar-refractivity contribution in [2.75, 3.05) is 13.7 Å². The number of likely N-dealkylation sites (N-methyl/N-ethyl adjacent to an activating group) is 1. The van der Waals surface area contributed by atoms with Crippen molar-refractivity contribution in [1.29, 1.82) is 0 Å². The van der Waals surface area contributed by atoms with E-state index in [1.54, 1.807) is 6.07 Å². The Hall–Kier alpha value is -0.930. The molecule has 1 saturated heterocycles. The predicted octanol–water partition coefficient (Wildman–Crippen LogP) is 2.69. The fraction of sp³-hybridized carbons (Fsp3) is 0.600. The van der Waals surface area contributed by atoms with Gasteiger partial charge in [0.15, 0.2) is 0 Å². The molecule has 1 heterocycles. The van der Waals surface area contributed by atoms with Crippen LogP contribution in [0.3, 0.4) is 0 Å². The monoisotopic (exact) mass is 251 g/mol. The van der Waals surface area contributed by atoms with Gasteiger partial charge in [-0.05, 0) is 57.0 Å². The van der Waals surface area contributed by atoms with Crippen molar-refractivity contribution in [3.8, 4) is 0 Å². The zero-order valence-corrected chi connectivity index (χ0v) is 11.4. The molecule has 3 atom stereocenters. The van der Waals surface area contributed by atoms with Crippen molar-refractivity contribution < 1.29 is 9.13 Å². The van der Waals surface area contributed by atoms with Crippen LogP contribution in [-0.4, -0.2) is 25.8 Å². The van der Waals surface area contributed by atoms with Crippen LogP contribution in [0.25, 0.3) is 0 Å². The molecule has 1 aliphatic heterocycles. The Bertz CT molecular complexity index is 407. The molecule has 0 saturated carbocycles. The van der Waals surface area contributed by atoms with E-state index < -0.39 is 0 Å². The molecule has 2 rings (SSSR count). The maximum Gasteiger partial charge on any atom is 0.123 e. The Morgan fingerprint density at radius 3 is 2.89 bits per heavy atom. The predicted molar refractivity (Wildman–Crippen MR) is 71.2 cm³/mol. The van der Waals surface area contributed by atoms with Crippen molar-refractivity contribution in [2.45, 2.75) is 38.8 Å². The van der Waals surface area contributed by atoms with Crippen LogP contribution in [0.4, 0.5) is 4.39 Å². The molecule has 1 N–H and O–H groups in total. The molecule has 3 heteroatoms. The first-order valence-electron chi connectivity index (χ1n) is 6.64. The van der Waals surface area contributed by atoms with Crippen LogP contribution in [0, 0.1) is 18.7 Å². The van der Waals surface area contributed by atoms with Gasteiger partial charge in [0.1, 0.15) is 5.82 Å². The highest BCUT2D eigenvalue weighted by atomic mass is 19.1. The number of halogens is 1. The summed E-state index contributed by atoms with van der Waals surface area (Å²) in [6.07, 6.45) is 2.29. The molecule has 1 aromatic carbocycles. The molecule has 0 amide bonds. The second kappa shape index (κ2) is 5.81. The first kappa shape index (κ1) is 13.5. The minimum atomic E-state index is -0.151. The third-order valence-electron chi connectivity index (χ3n) is 3.92. The molecule has 1 aliphatic rings. The molecular formula is C15H22FNO. The van der Waals surface area contributed by atoms with Gasteiger partial charge in [0, 0.05) is 12.0 Å². The first-order chi connectivity index (χ1) is 8.60. The van der Waals surface area contributed by atoms with Crippen LogP contribution >= 0.6 is 0 Å². The van der Waals surface area contributed by atoms with E-state index in [0.717, 1.165) is 30.6 Å². The fourth-order valence-electron chi connectivity index (χ4n) is 2.73. The summed E-state index contributed by atoms with van der Waals surface area (Å²) in [5.74, 6) is 0.370. The molecule has 18 heavy (non-hydrogen) atoms. The Morgan fingerprint density at radius 1 is 1.50 bits per heavy atom. The van der Waals surface area contributed by atoms with Crippen LogP contribution in [0.2, 0.25) is 0 Å². The Labute approximate surface area is 109 Å². The van der Waals surface area contributed by atoms with Gasteiger partial charge >= 0.3 is 0 Å². The number of ether oxygens (including phenoxy) is 1. The highest BCUT2D eigenvalue weighted by Crippen LogP contribution is 2.25. The van der Waals surface area contributed by atoms with Crippen LogP contribution < -0.4 is 5.32 Å². The van der Waals surface area contributed by atoms with E-state index in [9.17, 15) is 4.39 Å². The van der Waals surface area contributed by atoms with Gasteiger partial charge < -0.3 is 10.1 Å². The molecule has 2 nitrogen and oxygen atoms in total. The second-order valence-corrected chi connectivity index (χ2v) is 5.31. The van der Waals surface area contributed by atoms with Gasteiger partial charge in [-0.1, -0.05) is 6.07 Å². The summed E-state index contributed by atoms with van der Waals surface area (Å²) in [7, 11) is 1.97. The summed E-state index contributed by atoms with van der Waals surface area (Å²) < 4.78 is 18.9. The average Bonchev–Trinajstić information content (AvgIpc) is 2.77. The SMILES string of the molecule is CNC(Cc1cc(F)ccc1C)C1COC(C)C1. The first-order valence-corrected chi connectivity index (χ1v) is 6.64. The molecule has 0 spiro atoms. The van der Waals surface area contributed by atoms with Gasteiger partial charge in [-0.15, -0.1) is 0 Å². The Morgan fingerprint density at radius 2 is 2.28 bits per heavy atom. The molecule has 1 aromatic rings. The number of hydrogen-bond donors (Lipinski definition) is 1. The standard InChI is InChI=1S/C15H22FNO/c1-10-4-5-14(16)7-12(10)8-15(17-3)13-6-11(2)18-9-13/h4-5,7,11,13,15,17H,6,8-9H2,1-3H3. The van der Waals surface area contributed by atoms with E-state index >= 15 is 0 Å². The molecule has 100 valence electrons. The zero-order chi connectivity index (χ0) is 13.1. The lowest BCUT2D eigenvalue weighted by atomic mass is 9.90. The zero-order valence-electron chi connectivity index (χ0n) is 11.4. The normalized spacial score (nSPS) is 25.3. The van der Waals surface area contributed by atoms with Crippen LogP contribution in [0.15, 0.2) is 18.2 Å². The minimum absolute atomic E-state index is 0.151. The number of benzene rings is 1. The highest BCUT2D eigenvalue weighted by Gasteiger charge is 2.29. The van der Waals surface area contributed by atoms with E-state index in [1.807, 2.05) is 20.0 Å². The summed E-state index contributed by atoms with van der Waals surface area (Å²) in [5, 5.41) is 3.36. The van der Waals surface area contributed by atoms with Gasteiger partial charge in [0.05, 0.1) is 12.7 Å². The Kier molecular flexibility index (Phi) is 4.36. The lowest BCUT2D eigenvalue weighted by Crippen LogP contribution is -2.36. The molecule has 0 radical (unpaired) electrons. The lowest BCUT2D eigenvalue weighted by molar-refractivity contribution is 0.117. The molecular weight excluding hydrogens is 229 g/mol. The smallest absolute Gasteiger partial charge is 0.123 e. The summed E-state index contributed by atoms with van der Waals surface area (Å²) in [6.45, 7) is 4.95. The van der Waals surface area contributed by atoms with Crippen LogP contribution in [0.1, 0.15) is 24.5 Å². The quantitative estimate of drug-likeness (QED) is 0.888. The summed E-state index contributed by atoms with van der Waals surface area (Å²) in [5.41, 5.74) is 2.25. The van der Waals surface area contributed by atoms with E-state index in [-0.39, 0.29) is 5.82 Å². The van der Waals surface area contributed by atoms with Crippen molar-refractivity contribution in [3.05, 3.63) is 35.1 Å². The van der Waals surface area contributed by atoms with Crippen molar-refractivity contribution in [1.82, 2.24) is 5.32 Å². The van der Waals surface area contributed by atoms with E-state index in [4.69, 9.17) is 4.74 Å². The van der Waals surface area contributed by atoms with Crippen LogP contribution in [-0.2, 0) is 11.2 Å². The number of hydrogen-bond acceptors (Lipinski definition) is 2. The Balaban J connectivity index is 2.08. The third kappa shape index (κ3) is 3.09. The van der Waals surface area contributed by atoms with E-state index in [1.165, 1.54) is 6.07 Å².